The predicted octanol–water partition coefficient (Wildman–Crippen LogP) is 4.44. The van der Waals surface area contributed by atoms with E-state index in [4.69, 9.17) is 25.8 Å². The van der Waals surface area contributed by atoms with Crippen molar-refractivity contribution in [3.63, 3.8) is 0 Å². The normalized spacial score (nSPS) is 15.8. The van der Waals surface area contributed by atoms with E-state index in [2.05, 4.69) is 14.9 Å². The van der Waals surface area contributed by atoms with Crippen LogP contribution in [0, 0.1) is 0 Å². The van der Waals surface area contributed by atoms with Gasteiger partial charge in [0.1, 0.15) is 11.5 Å². The lowest BCUT2D eigenvalue weighted by Crippen LogP contribution is -2.44. The zero-order valence-corrected chi connectivity index (χ0v) is 31.3. The van der Waals surface area contributed by atoms with Crippen molar-refractivity contribution in [1.29, 1.82) is 0 Å². The number of nitrogens with one attached hydrogen (secondary N) is 1. The topological polar surface area (TPSA) is 141 Å². The molecule has 2 aliphatic heterocycles. The highest BCUT2D eigenvalue weighted by Gasteiger charge is 2.29. The molecule has 1 amide bonds. The fourth-order valence-electron chi connectivity index (χ4n) is 7.53. The molecule has 5 aromatic rings. The Hall–Kier alpha value is -5.24. The van der Waals surface area contributed by atoms with Crippen LogP contribution in [-0.2, 0) is 18.2 Å². The molecule has 5 heterocycles. The average Bonchev–Trinajstić information content (AvgIpc) is 3.19. The summed E-state index contributed by atoms with van der Waals surface area (Å²) >= 11 is 6.35. The van der Waals surface area contributed by atoms with E-state index in [0.29, 0.717) is 40.5 Å². The first-order valence-corrected chi connectivity index (χ1v) is 18.5. The third kappa shape index (κ3) is 7.70. The molecule has 2 saturated heterocycles. The lowest BCUT2D eigenvalue weighted by Gasteiger charge is -2.37. The number of fused-ring (bicyclic) bond motifs is 1. The lowest BCUT2D eigenvalue weighted by atomic mass is 9.97. The molecule has 0 unspecified atom stereocenters. The van der Waals surface area contributed by atoms with Crippen LogP contribution >= 0.6 is 11.6 Å². The first-order valence-electron chi connectivity index (χ1n) is 18.1. The molecule has 2 aromatic carbocycles. The number of methoxy groups -OCH3 is 2. The molecule has 0 aliphatic carbocycles. The van der Waals surface area contributed by atoms with Crippen molar-refractivity contribution in [3.05, 3.63) is 115 Å². The number of aryl methyl sites for hydroxylation is 1. The predicted molar refractivity (Wildman–Crippen MR) is 206 cm³/mol. The van der Waals surface area contributed by atoms with Gasteiger partial charge in [-0.15, -0.1) is 0 Å². The maximum absolute atomic E-state index is 13.4. The Balaban J connectivity index is 0.919. The number of ether oxygens (including phenoxy) is 3. The molecule has 7 rings (SSSR count). The summed E-state index contributed by atoms with van der Waals surface area (Å²) in [7, 11) is 5.07. The summed E-state index contributed by atoms with van der Waals surface area (Å²) in [4.78, 5) is 60.7. The molecule has 1 N–H and O–H groups in total. The Bertz CT molecular complexity index is 2360. The molecule has 0 spiro atoms. The van der Waals surface area contributed by atoms with Crippen LogP contribution in [0.25, 0.3) is 27.6 Å². The number of amides is 1. The van der Waals surface area contributed by atoms with Gasteiger partial charge in [-0.05, 0) is 79.5 Å². The molecule has 0 atom stereocenters. The highest BCUT2D eigenvalue weighted by Crippen LogP contribution is 2.39. The first kappa shape index (κ1) is 37.1. The van der Waals surface area contributed by atoms with Crippen LogP contribution in [0.2, 0.25) is 5.02 Å². The van der Waals surface area contributed by atoms with Crippen molar-refractivity contribution in [3.8, 4) is 28.3 Å². The van der Waals surface area contributed by atoms with Crippen molar-refractivity contribution in [2.24, 2.45) is 7.05 Å². The van der Waals surface area contributed by atoms with E-state index >= 15 is 0 Å². The van der Waals surface area contributed by atoms with Gasteiger partial charge < -0.3 is 28.6 Å². The number of rotatable bonds is 10. The van der Waals surface area contributed by atoms with Crippen LogP contribution in [0.15, 0.2) is 81.6 Å². The van der Waals surface area contributed by atoms with Crippen molar-refractivity contribution >= 4 is 28.3 Å². The number of benzene rings is 2. The second-order valence-corrected chi connectivity index (χ2v) is 14.2. The van der Waals surface area contributed by atoms with E-state index in [9.17, 15) is 19.2 Å². The zero-order chi connectivity index (χ0) is 37.9. The Labute approximate surface area is 316 Å². The molecule has 54 heavy (non-hydrogen) atoms. The standard InChI is InChI=1S/C40H43ClN6O7/c1-44-24-32(29-6-13-42-23-31(29)39(44)50)30-22-35(52-2)25(21-36(30)53-3)7-14-45-15-8-27(9-16-45)54-28-10-17-46(18-11-28)38(49)26-4-5-33(41)34(20-26)47-19-12-37(48)43-40(47)51/h4-6,12-13,19-24,27-28H,7-11,14-18H2,1-3H3,(H,43,48,51). The first-order chi connectivity index (χ1) is 26.1. The minimum Gasteiger partial charge on any atom is -0.496 e. The number of aromatic nitrogens is 4. The quantitative estimate of drug-likeness (QED) is 0.219. The third-order valence-electron chi connectivity index (χ3n) is 10.5. The number of hydrogen-bond donors (Lipinski definition) is 1. The highest BCUT2D eigenvalue weighted by atomic mass is 35.5. The van der Waals surface area contributed by atoms with Crippen LogP contribution in [0.4, 0.5) is 0 Å². The van der Waals surface area contributed by atoms with E-state index in [1.807, 2.05) is 29.3 Å². The van der Waals surface area contributed by atoms with Crippen molar-refractivity contribution in [2.75, 3.05) is 46.9 Å². The molecular formula is C40H43ClN6O7. The van der Waals surface area contributed by atoms with Gasteiger partial charge in [-0.25, -0.2) is 4.79 Å². The maximum Gasteiger partial charge on any atom is 0.332 e. The summed E-state index contributed by atoms with van der Waals surface area (Å²) in [5.74, 6) is 1.34. The fraction of sp³-hybridized carbons (Fsp3) is 0.375. The van der Waals surface area contributed by atoms with Gasteiger partial charge in [-0.1, -0.05) is 11.6 Å². The number of pyridine rings is 2. The number of aromatic amines is 1. The van der Waals surface area contributed by atoms with Crippen LogP contribution in [0.1, 0.15) is 41.6 Å². The van der Waals surface area contributed by atoms with E-state index in [-0.39, 0.29) is 23.7 Å². The zero-order valence-electron chi connectivity index (χ0n) is 30.5. The minimum atomic E-state index is -0.628. The number of likely N-dealkylation sites (tertiary alicyclic amines) is 2. The van der Waals surface area contributed by atoms with Crippen molar-refractivity contribution in [2.45, 2.75) is 44.3 Å². The van der Waals surface area contributed by atoms with Gasteiger partial charge in [-0.3, -0.25) is 28.9 Å². The smallest absolute Gasteiger partial charge is 0.332 e. The monoisotopic (exact) mass is 754 g/mol. The van der Waals surface area contributed by atoms with Gasteiger partial charge in [0.2, 0.25) is 0 Å². The lowest BCUT2D eigenvalue weighted by molar-refractivity contribution is -0.0620. The second-order valence-electron chi connectivity index (χ2n) is 13.8. The van der Waals surface area contributed by atoms with Gasteiger partial charge in [0.05, 0.1) is 42.5 Å². The van der Waals surface area contributed by atoms with Gasteiger partial charge in [0, 0.05) is 87.3 Å². The number of carbonyl (C=O) groups excluding carboxylic acids is 1. The van der Waals surface area contributed by atoms with Gasteiger partial charge in [0.15, 0.2) is 0 Å². The van der Waals surface area contributed by atoms with Crippen LogP contribution in [0.5, 0.6) is 11.5 Å². The average molecular weight is 755 g/mol. The van der Waals surface area contributed by atoms with E-state index in [1.165, 1.54) is 16.8 Å². The molecule has 13 nitrogen and oxygen atoms in total. The van der Waals surface area contributed by atoms with E-state index in [0.717, 1.165) is 79.6 Å². The Morgan fingerprint density at radius 3 is 2.31 bits per heavy atom. The summed E-state index contributed by atoms with van der Waals surface area (Å²) in [6.45, 7) is 3.85. The number of hydrogen-bond acceptors (Lipinski definition) is 9. The highest BCUT2D eigenvalue weighted by molar-refractivity contribution is 6.32. The van der Waals surface area contributed by atoms with Crippen LogP contribution in [-0.4, -0.2) is 94.0 Å². The summed E-state index contributed by atoms with van der Waals surface area (Å²) in [5.41, 5.74) is 2.27. The Kier molecular flexibility index (Phi) is 11.0. The molecule has 0 radical (unpaired) electrons. The molecule has 3 aromatic heterocycles. The molecule has 14 heteroatoms. The van der Waals surface area contributed by atoms with Gasteiger partial charge >= 0.3 is 5.69 Å². The molecular weight excluding hydrogens is 712 g/mol. The molecule has 0 bridgehead atoms. The number of nitrogens with zero attached hydrogens (tertiary/aromatic N) is 5. The van der Waals surface area contributed by atoms with Crippen molar-refractivity contribution < 1.29 is 19.0 Å². The Morgan fingerprint density at radius 2 is 1.61 bits per heavy atom. The van der Waals surface area contributed by atoms with Crippen molar-refractivity contribution in [1.82, 2.24) is 28.9 Å². The fourth-order valence-corrected chi connectivity index (χ4v) is 7.74. The number of halogens is 1. The number of piperidine rings is 2. The molecule has 282 valence electrons. The summed E-state index contributed by atoms with van der Waals surface area (Å²) in [5, 5.41) is 1.64. The summed E-state index contributed by atoms with van der Waals surface area (Å²) in [6.07, 6.45) is 10.9. The SMILES string of the molecule is COc1cc(-c2cn(C)c(=O)c3cnccc23)c(OC)cc1CCN1CCC(OC2CCN(C(=O)c3ccc(Cl)c(-n4ccc(=O)[nH]c4=O)c3)CC2)CC1. The molecule has 0 saturated carbocycles. The Morgan fingerprint density at radius 1 is 0.889 bits per heavy atom. The van der Waals surface area contributed by atoms with E-state index < -0.39 is 11.2 Å². The van der Waals surface area contributed by atoms with Gasteiger partial charge in [-0.2, -0.15) is 0 Å². The van der Waals surface area contributed by atoms with E-state index in [1.54, 1.807) is 56.4 Å². The second kappa shape index (κ2) is 16.0. The minimum absolute atomic E-state index is 0.0850. The van der Waals surface area contributed by atoms with Gasteiger partial charge in [0.25, 0.3) is 17.0 Å². The maximum atomic E-state index is 13.4. The van der Waals surface area contributed by atoms with Crippen LogP contribution < -0.4 is 26.3 Å². The summed E-state index contributed by atoms with van der Waals surface area (Å²) < 4.78 is 21.1. The van der Waals surface area contributed by atoms with Crippen LogP contribution in [0.3, 0.4) is 0 Å². The third-order valence-corrected chi connectivity index (χ3v) is 10.8. The molecule has 2 aliphatic rings. The summed E-state index contributed by atoms with van der Waals surface area (Å²) in [6, 6.07) is 11.9. The number of H-pyrrole nitrogens is 1. The number of carbonyl (C=O) groups is 1. The largest absolute Gasteiger partial charge is 0.496 e. The molecule has 2 fully saturated rings.